The van der Waals surface area contributed by atoms with Gasteiger partial charge in [-0.2, -0.15) is 0 Å². The fourth-order valence-electron chi connectivity index (χ4n) is 1.35. The van der Waals surface area contributed by atoms with Gasteiger partial charge in [0.2, 0.25) is 5.91 Å². The van der Waals surface area contributed by atoms with Crippen molar-refractivity contribution in [1.29, 1.82) is 0 Å². The molecule has 0 fully saturated rings. The number of carbonyl (C=O) groups is 1. The van der Waals surface area contributed by atoms with Crippen molar-refractivity contribution in [2.75, 3.05) is 38.3 Å². The average Bonchev–Trinajstić information content (AvgIpc) is 2.20. The maximum absolute atomic E-state index is 11.6. The molecule has 0 aromatic carbocycles. The molecular weight excluding hydrogens is 256 g/mol. The zero-order chi connectivity index (χ0) is 14.0. The van der Waals surface area contributed by atoms with E-state index < -0.39 is 21.5 Å². The van der Waals surface area contributed by atoms with Crippen LogP contribution in [0.2, 0.25) is 0 Å². The van der Waals surface area contributed by atoms with Crippen molar-refractivity contribution in [3.05, 3.63) is 0 Å². The molecule has 0 aromatic heterocycles. The molecule has 0 aliphatic carbocycles. The Morgan fingerprint density at radius 1 is 1.28 bits per heavy atom. The molecule has 0 bridgehead atoms. The first kappa shape index (κ1) is 17.3. The Hall–Kier alpha value is -0.660. The number of sulfone groups is 1. The van der Waals surface area contributed by atoms with E-state index in [-0.39, 0.29) is 11.8 Å². The van der Waals surface area contributed by atoms with Gasteiger partial charge in [-0.15, -0.1) is 0 Å². The number of rotatable bonds is 10. The lowest BCUT2D eigenvalue weighted by Crippen LogP contribution is -2.36. The van der Waals surface area contributed by atoms with Crippen molar-refractivity contribution in [1.82, 2.24) is 10.6 Å². The van der Waals surface area contributed by atoms with Crippen LogP contribution in [-0.4, -0.2) is 58.7 Å². The lowest BCUT2D eigenvalue weighted by molar-refractivity contribution is -0.119. The van der Waals surface area contributed by atoms with E-state index in [1.54, 1.807) is 21.0 Å². The number of hydrogen-bond acceptors (Lipinski definition) is 5. The van der Waals surface area contributed by atoms with Gasteiger partial charge in [-0.1, -0.05) is 0 Å². The van der Waals surface area contributed by atoms with Crippen molar-refractivity contribution in [3.8, 4) is 0 Å². The Morgan fingerprint density at radius 2 is 1.94 bits per heavy atom. The molecule has 0 aliphatic rings. The Morgan fingerprint density at radius 3 is 2.50 bits per heavy atom. The molecule has 0 rings (SSSR count). The van der Waals surface area contributed by atoms with Crippen molar-refractivity contribution >= 4 is 15.7 Å². The zero-order valence-electron chi connectivity index (χ0n) is 11.4. The van der Waals surface area contributed by atoms with Gasteiger partial charge in [0.1, 0.15) is 5.75 Å². The van der Waals surface area contributed by atoms with E-state index in [0.29, 0.717) is 26.1 Å². The highest BCUT2D eigenvalue weighted by Gasteiger charge is 2.16. The molecule has 2 N–H and O–H groups in total. The van der Waals surface area contributed by atoms with Crippen LogP contribution >= 0.6 is 0 Å². The first-order chi connectivity index (χ1) is 8.37. The fourth-order valence-corrected chi connectivity index (χ4v) is 2.56. The van der Waals surface area contributed by atoms with Crippen LogP contribution in [0.5, 0.6) is 0 Å². The van der Waals surface area contributed by atoms with E-state index in [2.05, 4.69) is 10.6 Å². The Kier molecular flexibility index (Phi) is 8.95. The molecule has 0 saturated heterocycles. The van der Waals surface area contributed by atoms with Crippen molar-refractivity contribution in [3.63, 3.8) is 0 Å². The highest BCUT2D eigenvalue weighted by molar-refractivity contribution is 7.92. The first-order valence-electron chi connectivity index (χ1n) is 6.07. The van der Waals surface area contributed by atoms with Gasteiger partial charge < -0.3 is 15.4 Å². The summed E-state index contributed by atoms with van der Waals surface area (Å²) in [5, 5.41) is 5.62. The monoisotopic (exact) mass is 280 g/mol. The lowest BCUT2D eigenvalue weighted by Gasteiger charge is -2.09. The molecule has 18 heavy (non-hydrogen) atoms. The normalized spacial score (nSPS) is 11.8. The fraction of sp³-hybridized carbons (Fsp3) is 0.909. The third-order valence-corrected chi connectivity index (χ3v) is 3.71. The Balaban J connectivity index is 3.77. The molecule has 6 nitrogen and oxygen atoms in total. The number of carbonyl (C=O) groups excluding carboxylic acids is 1. The third kappa shape index (κ3) is 10.5. The predicted octanol–water partition coefficient (Wildman–Crippen LogP) is -0.448. The van der Waals surface area contributed by atoms with Gasteiger partial charge in [0, 0.05) is 19.7 Å². The van der Waals surface area contributed by atoms with Crippen LogP contribution in [0.1, 0.15) is 20.3 Å². The van der Waals surface area contributed by atoms with Crippen LogP contribution < -0.4 is 10.6 Å². The van der Waals surface area contributed by atoms with Gasteiger partial charge >= 0.3 is 0 Å². The third-order valence-electron chi connectivity index (χ3n) is 2.09. The van der Waals surface area contributed by atoms with E-state index in [4.69, 9.17) is 4.74 Å². The molecule has 108 valence electrons. The lowest BCUT2D eigenvalue weighted by atomic mass is 10.4. The van der Waals surface area contributed by atoms with Gasteiger partial charge in [0.05, 0.1) is 12.4 Å². The summed E-state index contributed by atoms with van der Waals surface area (Å²) >= 11 is 0. The summed E-state index contributed by atoms with van der Waals surface area (Å²) in [5.74, 6) is -0.834. The first-order valence-corrected chi connectivity index (χ1v) is 7.89. The maximum atomic E-state index is 11.6. The van der Waals surface area contributed by atoms with Crippen LogP contribution in [0.3, 0.4) is 0 Å². The van der Waals surface area contributed by atoms with Crippen molar-refractivity contribution < 1.29 is 17.9 Å². The molecule has 1 amide bonds. The quantitative estimate of drug-likeness (QED) is 0.530. The van der Waals surface area contributed by atoms with E-state index in [9.17, 15) is 13.2 Å². The minimum atomic E-state index is -3.30. The van der Waals surface area contributed by atoms with Crippen LogP contribution in [0.4, 0.5) is 0 Å². The Bertz CT molecular complexity index is 328. The summed E-state index contributed by atoms with van der Waals surface area (Å²) in [6.07, 6.45) is 0.501. The van der Waals surface area contributed by atoms with E-state index in [1.807, 2.05) is 0 Å². The molecule has 0 aliphatic heterocycles. The molecule has 0 atom stereocenters. The smallest absolute Gasteiger partial charge is 0.235 e. The van der Waals surface area contributed by atoms with E-state index in [0.717, 1.165) is 0 Å². The molecular formula is C11H24N2O4S. The summed E-state index contributed by atoms with van der Waals surface area (Å²) in [6, 6.07) is -0.0385. The number of methoxy groups -OCH3 is 1. The van der Waals surface area contributed by atoms with Gasteiger partial charge in [-0.3, -0.25) is 4.79 Å². The largest absolute Gasteiger partial charge is 0.383 e. The standard InChI is InChI=1S/C11H24N2O4S/c1-10(2)13-11(14)9-18(15,16)8-4-5-12-6-7-17-3/h10,12H,4-9H2,1-3H3,(H,13,14). The van der Waals surface area contributed by atoms with E-state index in [1.165, 1.54) is 0 Å². The molecule has 0 unspecified atom stereocenters. The molecule has 0 spiro atoms. The summed E-state index contributed by atoms with van der Waals surface area (Å²) in [6.45, 7) is 5.50. The minimum absolute atomic E-state index is 0.0263. The second-order valence-electron chi connectivity index (χ2n) is 4.41. The van der Waals surface area contributed by atoms with Gasteiger partial charge in [0.25, 0.3) is 0 Å². The summed E-state index contributed by atoms with van der Waals surface area (Å²) < 4.78 is 28.0. The van der Waals surface area contributed by atoms with Gasteiger partial charge in [0.15, 0.2) is 9.84 Å². The number of amides is 1. The Labute approximate surface area is 109 Å². The summed E-state index contributed by atoms with van der Waals surface area (Å²) in [7, 11) is -1.69. The molecule has 0 saturated carbocycles. The number of nitrogens with one attached hydrogen (secondary N) is 2. The average molecular weight is 280 g/mol. The second-order valence-corrected chi connectivity index (χ2v) is 6.59. The van der Waals surface area contributed by atoms with Crippen molar-refractivity contribution in [2.45, 2.75) is 26.3 Å². The van der Waals surface area contributed by atoms with Crippen molar-refractivity contribution in [2.24, 2.45) is 0 Å². The summed E-state index contributed by atoms with van der Waals surface area (Å²) in [4.78, 5) is 11.3. The van der Waals surface area contributed by atoms with Crippen LogP contribution in [-0.2, 0) is 19.4 Å². The summed E-state index contributed by atoms with van der Waals surface area (Å²) in [5.41, 5.74) is 0. The van der Waals surface area contributed by atoms with Crippen LogP contribution in [0.15, 0.2) is 0 Å². The zero-order valence-corrected chi connectivity index (χ0v) is 12.2. The molecule has 0 heterocycles. The highest BCUT2D eigenvalue weighted by atomic mass is 32.2. The minimum Gasteiger partial charge on any atom is -0.383 e. The maximum Gasteiger partial charge on any atom is 0.235 e. The second kappa shape index (κ2) is 9.29. The number of ether oxygens (including phenoxy) is 1. The predicted molar refractivity (Wildman–Crippen MR) is 71.3 cm³/mol. The highest BCUT2D eigenvalue weighted by Crippen LogP contribution is 1.94. The molecule has 0 radical (unpaired) electrons. The van der Waals surface area contributed by atoms with E-state index >= 15 is 0 Å². The SMILES string of the molecule is COCCNCCCS(=O)(=O)CC(=O)NC(C)C. The van der Waals surface area contributed by atoms with Crippen LogP contribution in [0, 0.1) is 0 Å². The van der Waals surface area contributed by atoms with Gasteiger partial charge in [-0.25, -0.2) is 8.42 Å². The number of hydrogen-bond donors (Lipinski definition) is 2. The molecule has 7 heteroatoms. The molecule has 0 aromatic rings. The topological polar surface area (TPSA) is 84.5 Å². The van der Waals surface area contributed by atoms with Gasteiger partial charge in [-0.05, 0) is 26.8 Å². The van der Waals surface area contributed by atoms with Crippen LogP contribution in [0.25, 0.3) is 0 Å².